The number of halogens is 3. The third-order valence-electron chi connectivity index (χ3n) is 5.96. The van der Waals surface area contributed by atoms with Crippen molar-refractivity contribution in [2.75, 3.05) is 24.4 Å². The van der Waals surface area contributed by atoms with Gasteiger partial charge in [0.15, 0.2) is 0 Å². The van der Waals surface area contributed by atoms with E-state index in [0.717, 1.165) is 4.88 Å². The molecule has 200 valence electrons. The van der Waals surface area contributed by atoms with Gasteiger partial charge in [0.1, 0.15) is 29.7 Å². The molecule has 0 aliphatic heterocycles. The Hall–Kier alpha value is -4.26. The van der Waals surface area contributed by atoms with Crippen LogP contribution in [0, 0.1) is 28.5 Å². The standard InChI is InChI=1S/C27H19Cl2FN8OS/c1-39-5-4-38-13-23(36-37-38)27(24-6-15(10-31)14-40-24)35-18-7-19-25(34-17-2-3-22(30)20(28)8-17)16(11-32)12-33-26(19)21(29)9-18/h2-3,6-9,12-14,27,35H,4-5H2,1H3,(H,33,34). The Morgan fingerprint density at radius 2 is 1.95 bits per heavy atom. The van der Waals surface area contributed by atoms with E-state index in [4.69, 9.17) is 27.9 Å². The van der Waals surface area contributed by atoms with Gasteiger partial charge in [-0.25, -0.2) is 9.07 Å². The van der Waals surface area contributed by atoms with Crippen LogP contribution in [0.25, 0.3) is 10.9 Å². The quantitative estimate of drug-likeness (QED) is 0.194. The predicted octanol–water partition coefficient (Wildman–Crippen LogP) is 6.67. The molecule has 0 radical (unpaired) electrons. The number of hydrogen-bond acceptors (Lipinski definition) is 9. The van der Waals surface area contributed by atoms with Crippen LogP contribution in [0.5, 0.6) is 0 Å². The third kappa shape index (κ3) is 5.69. The lowest BCUT2D eigenvalue weighted by molar-refractivity contribution is 0.183. The Bertz CT molecular complexity index is 1790. The molecule has 9 nitrogen and oxygen atoms in total. The largest absolute Gasteiger partial charge is 0.383 e. The highest BCUT2D eigenvalue weighted by Gasteiger charge is 2.22. The summed E-state index contributed by atoms with van der Waals surface area (Å²) in [7, 11) is 1.61. The first-order valence-electron chi connectivity index (χ1n) is 11.8. The molecule has 0 saturated heterocycles. The average Bonchev–Trinajstić information content (AvgIpc) is 3.63. The number of aromatic nitrogens is 4. The third-order valence-corrected chi connectivity index (χ3v) is 7.53. The van der Waals surface area contributed by atoms with Crippen molar-refractivity contribution in [2.45, 2.75) is 12.6 Å². The maximum absolute atomic E-state index is 13.7. The summed E-state index contributed by atoms with van der Waals surface area (Å²) < 4.78 is 20.6. The summed E-state index contributed by atoms with van der Waals surface area (Å²) in [6, 6.07) is 13.3. The van der Waals surface area contributed by atoms with Crippen LogP contribution in [-0.2, 0) is 11.3 Å². The first-order valence-corrected chi connectivity index (χ1v) is 13.4. The van der Waals surface area contributed by atoms with Gasteiger partial charge in [0.25, 0.3) is 0 Å². The second kappa shape index (κ2) is 11.9. The van der Waals surface area contributed by atoms with Gasteiger partial charge >= 0.3 is 0 Å². The van der Waals surface area contributed by atoms with Gasteiger partial charge in [0.05, 0.1) is 51.7 Å². The number of rotatable bonds is 9. The number of fused-ring (bicyclic) bond motifs is 1. The molecule has 13 heteroatoms. The van der Waals surface area contributed by atoms with E-state index in [2.05, 4.69) is 38.1 Å². The number of nitriles is 2. The van der Waals surface area contributed by atoms with Crippen molar-refractivity contribution in [3.8, 4) is 12.1 Å². The fourth-order valence-electron chi connectivity index (χ4n) is 4.04. The number of methoxy groups -OCH3 is 1. The highest BCUT2D eigenvalue weighted by Crippen LogP contribution is 2.37. The Kier molecular flexibility index (Phi) is 8.10. The summed E-state index contributed by atoms with van der Waals surface area (Å²) in [6.45, 7) is 0.999. The Morgan fingerprint density at radius 3 is 2.67 bits per heavy atom. The van der Waals surface area contributed by atoms with Gasteiger partial charge in [-0.05, 0) is 36.4 Å². The smallest absolute Gasteiger partial charge is 0.141 e. The van der Waals surface area contributed by atoms with Gasteiger partial charge in [-0.2, -0.15) is 10.5 Å². The van der Waals surface area contributed by atoms with E-state index in [1.807, 2.05) is 12.3 Å². The molecule has 1 atom stereocenters. The molecule has 1 unspecified atom stereocenters. The van der Waals surface area contributed by atoms with E-state index in [1.54, 1.807) is 29.3 Å². The summed E-state index contributed by atoms with van der Waals surface area (Å²) >= 11 is 14.1. The van der Waals surface area contributed by atoms with E-state index in [-0.39, 0.29) is 10.6 Å². The molecule has 3 heterocycles. The minimum absolute atomic E-state index is 0.0590. The van der Waals surface area contributed by atoms with Gasteiger partial charge in [-0.1, -0.05) is 28.4 Å². The van der Waals surface area contributed by atoms with Crippen LogP contribution in [0.3, 0.4) is 0 Å². The molecule has 0 amide bonds. The fourth-order valence-corrected chi connectivity index (χ4v) is 5.38. The molecule has 0 aliphatic carbocycles. The lowest BCUT2D eigenvalue weighted by Crippen LogP contribution is -2.12. The SMILES string of the molecule is COCCn1cc(C(Nc2cc(Cl)c3ncc(C#N)c(Nc4ccc(F)c(Cl)c4)c3c2)c2cc(C#N)cs2)nn1. The minimum Gasteiger partial charge on any atom is -0.383 e. The van der Waals surface area contributed by atoms with E-state index in [9.17, 15) is 14.9 Å². The van der Waals surface area contributed by atoms with E-state index in [1.165, 1.54) is 35.7 Å². The summed E-state index contributed by atoms with van der Waals surface area (Å²) in [5.41, 5.74) is 3.41. The molecular formula is C27H19Cl2FN8OS. The van der Waals surface area contributed by atoms with E-state index >= 15 is 0 Å². The second-order valence-electron chi connectivity index (χ2n) is 8.59. The van der Waals surface area contributed by atoms with Crippen LogP contribution in [0.15, 0.2) is 54.2 Å². The van der Waals surface area contributed by atoms with Crippen molar-refractivity contribution in [3.63, 3.8) is 0 Å². The summed E-state index contributed by atoms with van der Waals surface area (Å²) in [6.07, 6.45) is 3.23. The summed E-state index contributed by atoms with van der Waals surface area (Å²) in [4.78, 5) is 5.23. The Balaban J connectivity index is 1.58. The molecule has 5 rings (SSSR count). The number of hydrogen-bond donors (Lipinski definition) is 2. The van der Waals surface area contributed by atoms with Crippen LogP contribution < -0.4 is 10.6 Å². The number of benzene rings is 2. The van der Waals surface area contributed by atoms with Crippen molar-refractivity contribution >= 4 is 62.5 Å². The summed E-state index contributed by atoms with van der Waals surface area (Å²) in [5.74, 6) is -0.555. The van der Waals surface area contributed by atoms with Crippen LogP contribution in [0.1, 0.15) is 27.7 Å². The van der Waals surface area contributed by atoms with Gasteiger partial charge in [0.2, 0.25) is 0 Å². The normalized spacial score (nSPS) is 11.7. The Labute approximate surface area is 242 Å². The molecule has 3 aromatic heterocycles. The van der Waals surface area contributed by atoms with Crippen LogP contribution in [0.4, 0.5) is 21.5 Å². The van der Waals surface area contributed by atoms with Crippen molar-refractivity contribution < 1.29 is 9.13 Å². The van der Waals surface area contributed by atoms with Crippen molar-refractivity contribution in [1.29, 1.82) is 10.5 Å². The molecule has 2 N–H and O–H groups in total. The Morgan fingerprint density at radius 1 is 1.12 bits per heavy atom. The number of ether oxygens (including phenoxy) is 1. The predicted molar refractivity (Wildman–Crippen MR) is 153 cm³/mol. The van der Waals surface area contributed by atoms with Gasteiger partial charge in [-0.3, -0.25) is 4.98 Å². The number of nitrogens with one attached hydrogen (secondary N) is 2. The second-order valence-corrected chi connectivity index (χ2v) is 10.4. The number of anilines is 3. The fraction of sp³-hybridized carbons (Fsp3) is 0.148. The van der Waals surface area contributed by atoms with Gasteiger partial charge in [0, 0.05) is 40.3 Å². The van der Waals surface area contributed by atoms with Crippen molar-refractivity contribution in [2.24, 2.45) is 0 Å². The number of pyridine rings is 1. The molecule has 2 aromatic carbocycles. The summed E-state index contributed by atoms with van der Waals surface area (Å²) in [5, 5.41) is 37.0. The molecular weight excluding hydrogens is 574 g/mol. The van der Waals surface area contributed by atoms with Crippen LogP contribution in [-0.4, -0.2) is 33.7 Å². The van der Waals surface area contributed by atoms with Crippen molar-refractivity contribution in [1.82, 2.24) is 20.0 Å². The number of nitrogens with zero attached hydrogens (tertiary/aromatic N) is 6. The molecule has 5 aromatic rings. The zero-order valence-corrected chi connectivity index (χ0v) is 23.1. The minimum atomic E-state index is -0.555. The van der Waals surface area contributed by atoms with Crippen LogP contribution in [0.2, 0.25) is 10.0 Å². The zero-order valence-electron chi connectivity index (χ0n) is 20.8. The maximum Gasteiger partial charge on any atom is 0.141 e. The highest BCUT2D eigenvalue weighted by molar-refractivity contribution is 7.10. The first-order chi connectivity index (χ1) is 19.4. The van der Waals surface area contributed by atoms with Gasteiger partial charge in [-0.15, -0.1) is 16.4 Å². The van der Waals surface area contributed by atoms with E-state index in [0.29, 0.717) is 57.4 Å². The first kappa shape index (κ1) is 27.3. The van der Waals surface area contributed by atoms with Gasteiger partial charge < -0.3 is 15.4 Å². The topological polar surface area (TPSA) is 124 Å². The molecule has 0 aliphatic rings. The lowest BCUT2D eigenvalue weighted by Gasteiger charge is -2.19. The van der Waals surface area contributed by atoms with Crippen LogP contribution >= 0.6 is 34.5 Å². The monoisotopic (exact) mass is 592 g/mol. The number of thiophene rings is 1. The maximum atomic E-state index is 13.7. The molecule has 0 saturated carbocycles. The molecule has 0 fully saturated rings. The molecule has 0 spiro atoms. The van der Waals surface area contributed by atoms with Crippen molar-refractivity contribution in [3.05, 3.63) is 91.7 Å². The van der Waals surface area contributed by atoms with E-state index < -0.39 is 11.9 Å². The average molecular weight is 593 g/mol. The lowest BCUT2D eigenvalue weighted by atomic mass is 10.1. The highest BCUT2D eigenvalue weighted by atomic mass is 35.5. The zero-order chi connectivity index (χ0) is 28.2. The molecule has 40 heavy (non-hydrogen) atoms. The molecule has 0 bridgehead atoms.